The molecule has 106 valence electrons. The molecule has 1 aromatic carbocycles. The van der Waals surface area contributed by atoms with Crippen LogP contribution < -0.4 is 15.8 Å². The molecule has 0 aliphatic carbocycles. The number of anilines is 1. The van der Waals surface area contributed by atoms with Crippen LogP contribution in [0.25, 0.3) is 0 Å². The normalized spacial score (nSPS) is 12.3. The van der Waals surface area contributed by atoms with E-state index < -0.39 is 0 Å². The van der Waals surface area contributed by atoms with E-state index in [1.165, 1.54) is 0 Å². The van der Waals surface area contributed by atoms with Crippen molar-refractivity contribution in [3.05, 3.63) is 23.8 Å². The van der Waals surface area contributed by atoms with Crippen molar-refractivity contribution in [2.24, 2.45) is 17.6 Å². The van der Waals surface area contributed by atoms with Crippen molar-refractivity contribution in [1.82, 2.24) is 0 Å². The molecule has 1 aromatic rings. The zero-order valence-electron chi connectivity index (χ0n) is 12.2. The molecule has 1 amide bonds. The van der Waals surface area contributed by atoms with Gasteiger partial charge < -0.3 is 15.8 Å². The van der Waals surface area contributed by atoms with Gasteiger partial charge in [-0.3, -0.25) is 4.79 Å². The largest absolute Gasteiger partial charge is 0.492 e. The van der Waals surface area contributed by atoms with Crippen LogP contribution >= 0.6 is 0 Å². The number of hydrogen-bond donors (Lipinski definition) is 2. The van der Waals surface area contributed by atoms with Gasteiger partial charge >= 0.3 is 0 Å². The summed E-state index contributed by atoms with van der Waals surface area (Å²) in [5.41, 5.74) is 7.46. The first-order valence-electron chi connectivity index (χ1n) is 6.74. The molecule has 0 bridgehead atoms. The van der Waals surface area contributed by atoms with Crippen molar-refractivity contribution in [1.29, 1.82) is 0 Å². The summed E-state index contributed by atoms with van der Waals surface area (Å²) in [4.78, 5) is 12.2. The van der Waals surface area contributed by atoms with E-state index in [-0.39, 0.29) is 17.7 Å². The molecule has 0 radical (unpaired) electrons. The fourth-order valence-electron chi connectivity index (χ4n) is 1.92. The molecule has 1 atom stereocenters. The Bertz CT molecular complexity index is 430. The van der Waals surface area contributed by atoms with E-state index in [0.29, 0.717) is 24.6 Å². The molecule has 0 spiro atoms. The Morgan fingerprint density at radius 3 is 2.63 bits per heavy atom. The second kappa shape index (κ2) is 7.14. The highest BCUT2D eigenvalue weighted by Crippen LogP contribution is 2.26. The topological polar surface area (TPSA) is 64.3 Å². The summed E-state index contributed by atoms with van der Waals surface area (Å²) in [5, 5.41) is 2.91. The Hall–Kier alpha value is -1.55. The van der Waals surface area contributed by atoms with Gasteiger partial charge in [-0.05, 0) is 37.5 Å². The second-order valence-electron chi connectivity index (χ2n) is 5.01. The molecule has 0 aromatic heterocycles. The van der Waals surface area contributed by atoms with Crippen LogP contribution in [0.15, 0.2) is 18.2 Å². The van der Waals surface area contributed by atoms with Crippen molar-refractivity contribution in [2.75, 3.05) is 18.5 Å². The van der Waals surface area contributed by atoms with Crippen LogP contribution in [-0.2, 0) is 4.79 Å². The minimum Gasteiger partial charge on any atom is -0.492 e. The van der Waals surface area contributed by atoms with Gasteiger partial charge in [0.25, 0.3) is 0 Å². The fraction of sp³-hybridized carbons (Fsp3) is 0.533. The average Bonchev–Trinajstić information content (AvgIpc) is 2.33. The lowest BCUT2D eigenvalue weighted by atomic mass is 9.95. The summed E-state index contributed by atoms with van der Waals surface area (Å²) < 4.78 is 5.55. The third kappa shape index (κ3) is 4.24. The maximum atomic E-state index is 12.2. The van der Waals surface area contributed by atoms with Crippen molar-refractivity contribution >= 4 is 11.6 Å². The number of ether oxygens (including phenoxy) is 1. The van der Waals surface area contributed by atoms with Crippen LogP contribution in [0, 0.1) is 18.8 Å². The number of amides is 1. The van der Waals surface area contributed by atoms with E-state index in [0.717, 1.165) is 5.56 Å². The van der Waals surface area contributed by atoms with Gasteiger partial charge in [0, 0.05) is 6.54 Å². The summed E-state index contributed by atoms with van der Waals surface area (Å²) in [7, 11) is 0. The highest BCUT2D eigenvalue weighted by atomic mass is 16.5. The zero-order chi connectivity index (χ0) is 14.4. The highest BCUT2D eigenvalue weighted by molar-refractivity contribution is 5.94. The minimum absolute atomic E-state index is 0.0534. The Balaban J connectivity index is 2.89. The second-order valence-corrected chi connectivity index (χ2v) is 5.01. The first-order chi connectivity index (χ1) is 8.99. The molecular formula is C15H24N2O2. The maximum Gasteiger partial charge on any atom is 0.229 e. The number of carbonyl (C=O) groups is 1. The molecular weight excluding hydrogens is 240 g/mol. The lowest BCUT2D eigenvalue weighted by Crippen LogP contribution is -2.33. The number of benzene rings is 1. The zero-order valence-corrected chi connectivity index (χ0v) is 12.2. The number of nitrogens with two attached hydrogens (primary N) is 1. The predicted molar refractivity (Wildman–Crippen MR) is 78.4 cm³/mol. The quantitative estimate of drug-likeness (QED) is 0.830. The van der Waals surface area contributed by atoms with Crippen molar-refractivity contribution in [2.45, 2.75) is 27.7 Å². The highest BCUT2D eigenvalue weighted by Gasteiger charge is 2.21. The molecule has 0 fully saturated rings. The maximum absolute atomic E-state index is 12.2. The third-order valence-electron chi connectivity index (χ3n) is 3.09. The van der Waals surface area contributed by atoms with Gasteiger partial charge in [0.15, 0.2) is 0 Å². The van der Waals surface area contributed by atoms with E-state index in [4.69, 9.17) is 10.5 Å². The van der Waals surface area contributed by atoms with Crippen LogP contribution in [0.4, 0.5) is 5.69 Å². The molecule has 0 aliphatic heterocycles. The lowest BCUT2D eigenvalue weighted by Gasteiger charge is -2.19. The molecule has 0 heterocycles. The summed E-state index contributed by atoms with van der Waals surface area (Å²) in [6, 6.07) is 5.74. The van der Waals surface area contributed by atoms with Gasteiger partial charge in [-0.25, -0.2) is 0 Å². The average molecular weight is 264 g/mol. The van der Waals surface area contributed by atoms with E-state index >= 15 is 0 Å². The van der Waals surface area contributed by atoms with Crippen molar-refractivity contribution < 1.29 is 9.53 Å². The van der Waals surface area contributed by atoms with Crippen molar-refractivity contribution in [3.63, 3.8) is 0 Å². The van der Waals surface area contributed by atoms with Gasteiger partial charge in [-0.15, -0.1) is 0 Å². The van der Waals surface area contributed by atoms with Crippen LogP contribution in [-0.4, -0.2) is 19.1 Å². The van der Waals surface area contributed by atoms with Gasteiger partial charge in [-0.1, -0.05) is 19.9 Å². The molecule has 4 nitrogen and oxygen atoms in total. The van der Waals surface area contributed by atoms with Crippen LogP contribution in [0.5, 0.6) is 5.75 Å². The first-order valence-corrected chi connectivity index (χ1v) is 6.74. The smallest absolute Gasteiger partial charge is 0.229 e. The molecule has 19 heavy (non-hydrogen) atoms. The van der Waals surface area contributed by atoms with Gasteiger partial charge in [-0.2, -0.15) is 0 Å². The fourth-order valence-corrected chi connectivity index (χ4v) is 1.92. The number of nitrogens with one attached hydrogen (secondary N) is 1. The summed E-state index contributed by atoms with van der Waals surface area (Å²) in [6.45, 7) is 8.82. The van der Waals surface area contributed by atoms with Crippen LogP contribution in [0.2, 0.25) is 0 Å². The molecule has 0 saturated heterocycles. The van der Waals surface area contributed by atoms with Crippen LogP contribution in [0.1, 0.15) is 26.3 Å². The lowest BCUT2D eigenvalue weighted by molar-refractivity contribution is -0.120. The monoisotopic (exact) mass is 264 g/mol. The van der Waals surface area contributed by atoms with Crippen molar-refractivity contribution in [3.8, 4) is 5.75 Å². The summed E-state index contributed by atoms with van der Waals surface area (Å²) in [6.07, 6.45) is 0. The Morgan fingerprint density at radius 1 is 1.42 bits per heavy atom. The molecule has 4 heteroatoms. The molecule has 0 saturated carbocycles. The van der Waals surface area contributed by atoms with Gasteiger partial charge in [0.1, 0.15) is 5.75 Å². The molecule has 1 rings (SSSR count). The van der Waals surface area contributed by atoms with Gasteiger partial charge in [0.05, 0.1) is 18.2 Å². The summed E-state index contributed by atoms with van der Waals surface area (Å²) >= 11 is 0. The van der Waals surface area contributed by atoms with E-state index in [1.807, 2.05) is 45.9 Å². The Morgan fingerprint density at radius 2 is 2.11 bits per heavy atom. The SMILES string of the molecule is CCOc1cc(C)ccc1NC(=O)C(CN)C(C)C. The van der Waals surface area contributed by atoms with Crippen LogP contribution in [0.3, 0.4) is 0 Å². The number of aryl methyl sites for hydroxylation is 1. The summed E-state index contributed by atoms with van der Waals surface area (Å²) in [5.74, 6) is 0.680. The molecule has 3 N–H and O–H groups in total. The standard InChI is InChI=1S/C15H24N2O2/c1-5-19-14-8-11(4)6-7-13(14)17-15(18)12(9-16)10(2)3/h6-8,10,12H,5,9,16H2,1-4H3,(H,17,18). The molecule has 1 unspecified atom stereocenters. The van der Waals surface area contributed by atoms with E-state index in [9.17, 15) is 4.79 Å². The van der Waals surface area contributed by atoms with Gasteiger partial charge in [0.2, 0.25) is 5.91 Å². The predicted octanol–water partition coefficient (Wildman–Crippen LogP) is 2.56. The molecule has 0 aliphatic rings. The third-order valence-corrected chi connectivity index (χ3v) is 3.09. The Labute approximate surface area is 115 Å². The number of hydrogen-bond acceptors (Lipinski definition) is 3. The van der Waals surface area contributed by atoms with E-state index in [2.05, 4.69) is 5.32 Å². The van der Waals surface area contributed by atoms with E-state index in [1.54, 1.807) is 0 Å². The number of carbonyl (C=O) groups excluding carboxylic acids is 1. The first kappa shape index (κ1) is 15.5. The minimum atomic E-state index is -0.184. The number of rotatable bonds is 6. The Kier molecular flexibility index (Phi) is 5.83.